The zero-order valence-electron chi connectivity index (χ0n) is 20.5. The van der Waals surface area contributed by atoms with Crippen LogP contribution in [0.25, 0.3) is 22.3 Å². The molecule has 0 heterocycles. The van der Waals surface area contributed by atoms with E-state index in [2.05, 4.69) is 56.3 Å². The number of ketones is 1. The van der Waals surface area contributed by atoms with Crippen LogP contribution in [0.15, 0.2) is 60.7 Å². The summed E-state index contributed by atoms with van der Waals surface area (Å²) in [6, 6.07) is 20.7. The summed E-state index contributed by atoms with van der Waals surface area (Å²) in [5, 5.41) is -0.819. The number of hydrogen-bond acceptors (Lipinski definition) is 5. The van der Waals surface area contributed by atoms with Crippen LogP contribution in [0.1, 0.15) is 37.0 Å². The molecule has 0 aliphatic rings. The van der Waals surface area contributed by atoms with Crippen LogP contribution in [0.4, 0.5) is 0 Å². The zero-order valence-corrected chi connectivity index (χ0v) is 21.3. The molecule has 5 heteroatoms. The Kier molecular flexibility index (Phi) is 8.94. The van der Waals surface area contributed by atoms with Gasteiger partial charge in [0.25, 0.3) is 0 Å². The number of hydrogen-bond donors (Lipinski definition) is 0. The van der Waals surface area contributed by atoms with Crippen molar-refractivity contribution in [1.29, 1.82) is 0 Å². The average Bonchev–Trinajstić information content (AvgIpc) is 2.84. The SMILES string of the molecule is CCOC(=O)C(SCc1ccc(OC)cc1-c1cccc(-c2c(C)cccc2C)c1)C(=O)CC. The molecule has 0 aromatic heterocycles. The smallest absolute Gasteiger partial charge is 0.326 e. The number of rotatable bonds is 10. The molecular weight excluding hydrogens is 444 g/mol. The van der Waals surface area contributed by atoms with Crippen LogP contribution in [-0.4, -0.2) is 30.7 Å². The number of ether oxygens (including phenoxy) is 2. The standard InChI is InChI=1S/C29H32O4S/c1-6-26(30)28(29(31)33-7-2)34-18-23-14-15-24(32-5)17-25(23)21-12-9-13-22(16-21)27-19(3)10-8-11-20(27)4/h8-17,28H,6-7,18H2,1-5H3. The summed E-state index contributed by atoms with van der Waals surface area (Å²) in [6.45, 7) is 8.03. The Morgan fingerprint density at radius 2 is 1.59 bits per heavy atom. The third kappa shape index (κ3) is 5.89. The lowest BCUT2D eigenvalue weighted by molar-refractivity contribution is -0.144. The third-order valence-corrected chi connectivity index (χ3v) is 7.07. The lowest BCUT2D eigenvalue weighted by Crippen LogP contribution is -2.28. The first kappa shape index (κ1) is 25.6. The summed E-state index contributed by atoms with van der Waals surface area (Å²) in [6.07, 6.45) is 0.295. The minimum Gasteiger partial charge on any atom is -0.497 e. The molecule has 3 aromatic rings. The van der Waals surface area contributed by atoms with Gasteiger partial charge >= 0.3 is 5.97 Å². The van der Waals surface area contributed by atoms with Crippen LogP contribution in [-0.2, 0) is 20.1 Å². The van der Waals surface area contributed by atoms with E-state index in [4.69, 9.17) is 9.47 Å². The highest BCUT2D eigenvalue weighted by Gasteiger charge is 2.27. The quantitative estimate of drug-likeness (QED) is 0.238. The second kappa shape index (κ2) is 11.9. The number of methoxy groups -OCH3 is 1. The van der Waals surface area contributed by atoms with Gasteiger partial charge in [0.15, 0.2) is 11.0 Å². The number of thioether (sulfide) groups is 1. The fraction of sp³-hybridized carbons (Fsp3) is 0.310. The summed E-state index contributed by atoms with van der Waals surface area (Å²) in [5.74, 6) is 0.678. The Labute approximate surface area is 206 Å². The van der Waals surface area contributed by atoms with Gasteiger partial charge < -0.3 is 9.47 Å². The van der Waals surface area contributed by atoms with Gasteiger partial charge in [-0.1, -0.05) is 49.4 Å². The van der Waals surface area contributed by atoms with E-state index in [9.17, 15) is 9.59 Å². The number of Topliss-reactive ketones (excluding diaryl/α,β-unsaturated/α-hetero) is 1. The lowest BCUT2D eigenvalue weighted by atomic mass is 9.92. The summed E-state index contributed by atoms with van der Waals surface area (Å²) in [5.41, 5.74) is 7.96. The van der Waals surface area contributed by atoms with Crippen molar-refractivity contribution in [1.82, 2.24) is 0 Å². The second-order valence-electron chi connectivity index (χ2n) is 8.13. The highest BCUT2D eigenvalue weighted by atomic mass is 32.2. The van der Waals surface area contributed by atoms with E-state index in [1.54, 1.807) is 21.0 Å². The number of benzene rings is 3. The topological polar surface area (TPSA) is 52.6 Å². The molecule has 0 radical (unpaired) electrons. The van der Waals surface area contributed by atoms with Crippen molar-refractivity contribution < 1.29 is 19.1 Å². The first-order valence-corrected chi connectivity index (χ1v) is 12.6. The molecule has 0 N–H and O–H groups in total. The fourth-order valence-corrected chi connectivity index (χ4v) is 5.21. The number of aryl methyl sites for hydroxylation is 2. The van der Waals surface area contributed by atoms with Gasteiger partial charge in [-0.05, 0) is 77.9 Å². The number of carbonyl (C=O) groups is 2. The van der Waals surface area contributed by atoms with Crippen LogP contribution in [0, 0.1) is 13.8 Å². The largest absolute Gasteiger partial charge is 0.497 e. The van der Waals surface area contributed by atoms with Gasteiger partial charge in [0.05, 0.1) is 13.7 Å². The first-order valence-electron chi connectivity index (χ1n) is 11.5. The second-order valence-corrected chi connectivity index (χ2v) is 9.23. The zero-order chi connectivity index (χ0) is 24.7. The molecule has 1 unspecified atom stereocenters. The highest BCUT2D eigenvalue weighted by molar-refractivity contribution is 8.00. The van der Waals surface area contributed by atoms with E-state index in [1.165, 1.54) is 28.5 Å². The van der Waals surface area contributed by atoms with E-state index in [0.29, 0.717) is 12.2 Å². The summed E-state index contributed by atoms with van der Waals surface area (Å²) in [4.78, 5) is 24.8. The predicted molar refractivity (Wildman–Crippen MR) is 140 cm³/mol. The Morgan fingerprint density at radius 3 is 2.24 bits per heavy atom. The summed E-state index contributed by atoms with van der Waals surface area (Å²) in [7, 11) is 1.65. The molecule has 0 spiro atoms. The molecule has 4 nitrogen and oxygen atoms in total. The minimum absolute atomic E-state index is 0.115. The molecular formula is C29H32O4S. The van der Waals surface area contributed by atoms with Crippen molar-refractivity contribution >= 4 is 23.5 Å². The maximum atomic E-state index is 12.4. The predicted octanol–water partition coefficient (Wildman–Crippen LogP) is 6.79. The Morgan fingerprint density at radius 1 is 0.912 bits per heavy atom. The van der Waals surface area contributed by atoms with Crippen molar-refractivity contribution in [3.05, 3.63) is 77.4 Å². The van der Waals surface area contributed by atoms with E-state index < -0.39 is 11.2 Å². The fourth-order valence-electron chi connectivity index (χ4n) is 4.06. The normalized spacial score (nSPS) is 11.7. The molecule has 0 bridgehead atoms. The Balaban J connectivity index is 2.00. The highest BCUT2D eigenvalue weighted by Crippen LogP contribution is 2.35. The van der Waals surface area contributed by atoms with E-state index in [-0.39, 0.29) is 12.4 Å². The van der Waals surface area contributed by atoms with Gasteiger partial charge in [0.1, 0.15) is 5.75 Å². The van der Waals surface area contributed by atoms with Gasteiger partial charge in [-0.25, -0.2) is 0 Å². The monoisotopic (exact) mass is 476 g/mol. The molecule has 178 valence electrons. The maximum Gasteiger partial charge on any atom is 0.326 e. The molecule has 1 atom stereocenters. The van der Waals surface area contributed by atoms with Crippen molar-refractivity contribution in [2.75, 3.05) is 13.7 Å². The summed E-state index contributed by atoms with van der Waals surface area (Å²) >= 11 is 1.32. The van der Waals surface area contributed by atoms with Crippen LogP contribution in [0.3, 0.4) is 0 Å². The Bertz CT molecular complexity index is 1150. The van der Waals surface area contributed by atoms with Gasteiger partial charge in [-0.2, -0.15) is 0 Å². The first-order chi connectivity index (χ1) is 16.4. The van der Waals surface area contributed by atoms with Gasteiger partial charge in [-0.3, -0.25) is 9.59 Å². The molecule has 0 saturated carbocycles. The van der Waals surface area contributed by atoms with Crippen LogP contribution < -0.4 is 4.74 Å². The lowest BCUT2D eigenvalue weighted by Gasteiger charge is -2.17. The van der Waals surface area contributed by atoms with Crippen LogP contribution >= 0.6 is 11.8 Å². The number of carbonyl (C=O) groups excluding carboxylic acids is 2. The summed E-state index contributed by atoms with van der Waals surface area (Å²) < 4.78 is 10.7. The Hall–Kier alpha value is -3.05. The molecule has 0 fully saturated rings. The molecule has 0 saturated heterocycles. The molecule has 3 aromatic carbocycles. The van der Waals surface area contributed by atoms with Crippen molar-refractivity contribution in [3.63, 3.8) is 0 Å². The van der Waals surface area contributed by atoms with Crippen LogP contribution in [0.5, 0.6) is 5.75 Å². The van der Waals surface area contributed by atoms with E-state index in [1.807, 2.05) is 18.2 Å². The van der Waals surface area contributed by atoms with Crippen molar-refractivity contribution in [3.8, 4) is 28.0 Å². The van der Waals surface area contributed by atoms with Crippen molar-refractivity contribution in [2.24, 2.45) is 0 Å². The maximum absolute atomic E-state index is 12.4. The van der Waals surface area contributed by atoms with Crippen LogP contribution in [0.2, 0.25) is 0 Å². The molecule has 3 rings (SSSR count). The van der Waals surface area contributed by atoms with Gasteiger partial charge in [0.2, 0.25) is 0 Å². The van der Waals surface area contributed by atoms with Gasteiger partial charge in [0, 0.05) is 12.2 Å². The van der Waals surface area contributed by atoms with E-state index in [0.717, 1.165) is 28.0 Å². The molecule has 0 aliphatic carbocycles. The molecule has 0 amide bonds. The van der Waals surface area contributed by atoms with E-state index >= 15 is 0 Å². The van der Waals surface area contributed by atoms with Gasteiger partial charge in [-0.15, -0.1) is 11.8 Å². The van der Waals surface area contributed by atoms with Crippen molar-refractivity contribution in [2.45, 2.75) is 45.1 Å². The number of esters is 1. The third-order valence-electron chi connectivity index (χ3n) is 5.81. The average molecular weight is 477 g/mol. The molecule has 34 heavy (non-hydrogen) atoms. The minimum atomic E-state index is -0.819. The molecule has 0 aliphatic heterocycles.